The number of halogens is 1. The van der Waals surface area contributed by atoms with Crippen LogP contribution in [0.3, 0.4) is 0 Å². The van der Waals surface area contributed by atoms with Crippen LogP contribution in [-0.2, 0) is 0 Å². The molecule has 0 spiro atoms. The SMILES string of the molecule is CN(C)CCNc1ccc(Br)cc1N. The van der Waals surface area contributed by atoms with Gasteiger partial charge in [0.1, 0.15) is 0 Å². The van der Waals surface area contributed by atoms with Gasteiger partial charge in [0.25, 0.3) is 0 Å². The fourth-order valence-electron chi connectivity index (χ4n) is 1.11. The van der Waals surface area contributed by atoms with Crippen LogP contribution in [0.15, 0.2) is 22.7 Å². The molecule has 0 aliphatic carbocycles. The highest BCUT2D eigenvalue weighted by Gasteiger charge is 1.98. The van der Waals surface area contributed by atoms with E-state index in [2.05, 4.69) is 26.1 Å². The van der Waals surface area contributed by atoms with E-state index in [1.165, 1.54) is 0 Å². The molecule has 0 atom stereocenters. The Bertz CT molecular complexity index is 299. The van der Waals surface area contributed by atoms with E-state index in [0.29, 0.717) is 0 Å². The summed E-state index contributed by atoms with van der Waals surface area (Å²) in [7, 11) is 4.10. The van der Waals surface area contributed by atoms with E-state index >= 15 is 0 Å². The smallest absolute Gasteiger partial charge is 0.0575 e. The molecule has 0 saturated heterocycles. The fourth-order valence-corrected chi connectivity index (χ4v) is 1.49. The van der Waals surface area contributed by atoms with Crippen molar-refractivity contribution in [3.05, 3.63) is 22.7 Å². The maximum atomic E-state index is 5.83. The Labute approximate surface area is 93.4 Å². The van der Waals surface area contributed by atoms with Gasteiger partial charge in [-0.1, -0.05) is 15.9 Å². The Morgan fingerprint density at radius 2 is 2.14 bits per heavy atom. The lowest BCUT2D eigenvalue weighted by Gasteiger charge is -2.12. The van der Waals surface area contributed by atoms with Crippen LogP contribution in [0, 0.1) is 0 Å². The summed E-state index contributed by atoms with van der Waals surface area (Å²) in [5.41, 5.74) is 7.60. The number of benzene rings is 1. The van der Waals surface area contributed by atoms with Gasteiger partial charge < -0.3 is 16.0 Å². The van der Waals surface area contributed by atoms with Crippen molar-refractivity contribution >= 4 is 27.3 Å². The molecule has 0 saturated carbocycles. The maximum absolute atomic E-state index is 5.83. The van der Waals surface area contributed by atoms with Crippen LogP contribution in [0.5, 0.6) is 0 Å². The van der Waals surface area contributed by atoms with Crippen molar-refractivity contribution in [1.82, 2.24) is 4.90 Å². The Hall–Kier alpha value is -0.740. The highest BCUT2D eigenvalue weighted by atomic mass is 79.9. The first-order valence-electron chi connectivity index (χ1n) is 4.53. The Morgan fingerprint density at radius 1 is 1.43 bits per heavy atom. The Kier molecular flexibility index (Phi) is 4.22. The van der Waals surface area contributed by atoms with Gasteiger partial charge in [0.2, 0.25) is 0 Å². The van der Waals surface area contributed by atoms with Crippen LogP contribution >= 0.6 is 15.9 Å². The molecule has 0 bridgehead atoms. The van der Waals surface area contributed by atoms with E-state index in [0.717, 1.165) is 28.9 Å². The highest BCUT2D eigenvalue weighted by molar-refractivity contribution is 9.10. The lowest BCUT2D eigenvalue weighted by molar-refractivity contribution is 0.425. The zero-order chi connectivity index (χ0) is 10.6. The standard InChI is InChI=1S/C10H16BrN3/c1-14(2)6-5-13-10-4-3-8(11)7-9(10)12/h3-4,7,13H,5-6,12H2,1-2H3. The minimum atomic E-state index is 0.776. The second-order valence-electron chi connectivity index (χ2n) is 3.46. The van der Waals surface area contributed by atoms with Gasteiger partial charge in [-0.2, -0.15) is 0 Å². The third-order valence-corrected chi connectivity index (χ3v) is 2.38. The molecule has 0 radical (unpaired) electrons. The normalized spacial score (nSPS) is 10.6. The molecule has 0 heterocycles. The van der Waals surface area contributed by atoms with E-state index in [1.54, 1.807) is 0 Å². The van der Waals surface area contributed by atoms with Gasteiger partial charge in [0, 0.05) is 17.6 Å². The largest absolute Gasteiger partial charge is 0.397 e. The molecule has 3 N–H and O–H groups in total. The molecule has 1 rings (SSSR count). The number of anilines is 2. The van der Waals surface area contributed by atoms with Crippen LogP contribution in [-0.4, -0.2) is 32.1 Å². The first kappa shape index (κ1) is 11.3. The molecule has 0 aliphatic heterocycles. The second-order valence-corrected chi connectivity index (χ2v) is 4.38. The van der Waals surface area contributed by atoms with E-state index in [4.69, 9.17) is 5.73 Å². The van der Waals surface area contributed by atoms with Crippen molar-refractivity contribution in [2.24, 2.45) is 0 Å². The summed E-state index contributed by atoms with van der Waals surface area (Å²) in [6.07, 6.45) is 0. The van der Waals surface area contributed by atoms with Crippen molar-refractivity contribution in [1.29, 1.82) is 0 Å². The molecule has 78 valence electrons. The molecule has 3 nitrogen and oxygen atoms in total. The zero-order valence-electron chi connectivity index (χ0n) is 8.55. The summed E-state index contributed by atoms with van der Waals surface area (Å²) >= 11 is 3.37. The lowest BCUT2D eigenvalue weighted by Crippen LogP contribution is -2.21. The van der Waals surface area contributed by atoms with Crippen LogP contribution in [0.4, 0.5) is 11.4 Å². The van der Waals surface area contributed by atoms with Crippen molar-refractivity contribution in [2.45, 2.75) is 0 Å². The van der Waals surface area contributed by atoms with Crippen molar-refractivity contribution in [3.8, 4) is 0 Å². The first-order valence-corrected chi connectivity index (χ1v) is 5.32. The monoisotopic (exact) mass is 257 g/mol. The number of nitrogens with one attached hydrogen (secondary N) is 1. The summed E-state index contributed by atoms with van der Waals surface area (Å²) in [5.74, 6) is 0. The number of likely N-dealkylation sites (N-methyl/N-ethyl adjacent to an activating group) is 1. The van der Waals surface area contributed by atoms with Gasteiger partial charge in [-0.3, -0.25) is 0 Å². The van der Waals surface area contributed by atoms with E-state index in [1.807, 2.05) is 32.3 Å². The number of rotatable bonds is 4. The topological polar surface area (TPSA) is 41.3 Å². The molecule has 0 aromatic heterocycles. The predicted molar refractivity (Wildman–Crippen MR) is 65.6 cm³/mol. The molecule has 1 aromatic rings. The Balaban J connectivity index is 2.51. The third-order valence-electron chi connectivity index (χ3n) is 1.89. The zero-order valence-corrected chi connectivity index (χ0v) is 10.1. The molecule has 0 fully saturated rings. The average Bonchev–Trinajstić information content (AvgIpc) is 2.08. The average molecular weight is 258 g/mol. The highest BCUT2D eigenvalue weighted by Crippen LogP contribution is 2.22. The van der Waals surface area contributed by atoms with Crippen LogP contribution in [0.1, 0.15) is 0 Å². The quantitative estimate of drug-likeness (QED) is 0.812. The molecule has 0 amide bonds. The molecule has 4 heteroatoms. The van der Waals surface area contributed by atoms with Crippen LogP contribution < -0.4 is 11.1 Å². The summed E-state index contributed by atoms with van der Waals surface area (Å²) in [4.78, 5) is 2.13. The number of nitrogens with two attached hydrogens (primary N) is 1. The number of nitrogens with zero attached hydrogens (tertiary/aromatic N) is 1. The summed E-state index contributed by atoms with van der Waals surface area (Å²) in [6, 6.07) is 5.86. The molecule has 0 aliphatic rings. The minimum Gasteiger partial charge on any atom is -0.397 e. The van der Waals surface area contributed by atoms with Gasteiger partial charge >= 0.3 is 0 Å². The number of hydrogen-bond acceptors (Lipinski definition) is 3. The summed E-state index contributed by atoms with van der Waals surface area (Å²) in [6.45, 7) is 1.90. The van der Waals surface area contributed by atoms with E-state index in [9.17, 15) is 0 Å². The van der Waals surface area contributed by atoms with Gasteiger partial charge in [-0.15, -0.1) is 0 Å². The van der Waals surface area contributed by atoms with Gasteiger partial charge in [-0.25, -0.2) is 0 Å². The number of hydrogen-bond donors (Lipinski definition) is 2. The van der Waals surface area contributed by atoms with E-state index in [-0.39, 0.29) is 0 Å². The summed E-state index contributed by atoms with van der Waals surface area (Å²) in [5, 5.41) is 3.28. The summed E-state index contributed by atoms with van der Waals surface area (Å²) < 4.78 is 1.01. The molecular formula is C10H16BrN3. The Morgan fingerprint density at radius 3 is 2.71 bits per heavy atom. The second kappa shape index (κ2) is 5.22. The lowest BCUT2D eigenvalue weighted by atomic mass is 10.2. The van der Waals surface area contributed by atoms with Gasteiger partial charge in [0.15, 0.2) is 0 Å². The fraction of sp³-hybridized carbons (Fsp3) is 0.400. The minimum absolute atomic E-state index is 0.776. The van der Waals surface area contributed by atoms with Crippen molar-refractivity contribution in [2.75, 3.05) is 38.2 Å². The van der Waals surface area contributed by atoms with Gasteiger partial charge in [0.05, 0.1) is 11.4 Å². The number of nitrogen functional groups attached to an aromatic ring is 1. The molecule has 0 unspecified atom stereocenters. The van der Waals surface area contributed by atoms with Crippen molar-refractivity contribution in [3.63, 3.8) is 0 Å². The maximum Gasteiger partial charge on any atom is 0.0575 e. The molecular weight excluding hydrogens is 242 g/mol. The van der Waals surface area contributed by atoms with Crippen LogP contribution in [0.25, 0.3) is 0 Å². The third kappa shape index (κ3) is 3.55. The predicted octanol–water partition coefficient (Wildman–Crippen LogP) is 2.00. The molecule has 1 aromatic carbocycles. The molecule has 14 heavy (non-hydrogen) atoms. The van der Waals surface area contributed by atoms with Crippen molar-refractivity contribution < 1.29 is 0 Å². The van der Waals surface area contributed by atoms with Crippen LogP contribution in [0.2, 0.25) is 0 Å². The first-order chi connectivity index (χ1) is 6.59. The van der Waals surface area contributed by atoms with E-state index < -0.39 is 0 Å². The van der Waals surface area contributed by atoms with Gasteiger partial charge in [-0.05, 0) is 32.3 Å².